The van der Waals surface area contributed by atoms with Crippen molar-refractivity contribution in [3.05, 3.63) is 0 Å². The van der Waals surface area contributed by atoms with Gasteiger partial charge in [0.25, 0.3) is 0 Å². The fourth-order valence-electron chi connectivity index (χ4n) is 1.04. The molecule has 1 aliphatic heterocycles. The zero-order valence-electron chi connectivity index (χ0n) is 9.48. The summed E-state index contributed by atoms with van der Waals surface area (Å²) in [7, 11) is -10.1. The van der Waals surface area contributed by atoms with E-state index in [1.165, 1.54) is 0 Å². The van der Waals surface area contributed by atoms with Crippen molar-refractivity contribution in [2.24, 2.45) is 0 Å². The van der Waals surface area contributed by atoms with Crippen molar-refractivity contribution in [3.8, 4) is 0 Å². The summed E-state index contributed by atoms with van der Waals surface area (Å²) in [5, 5.41) is 6.74. The molecule has 1 heterocycles. The fourth-order valence-corrected chi connectivity index (χ4v) is 2.15. The molecular weight excluding hydrogens is 274 g/mol. The highest BCUT2D eigenvalue weighted by Crippen LogP contribution is 2.53. The number of rotatable bonds is 2. The molecule has 0 aliphatic carbocycles. The first-order valence-electron chi connectivity index (χ1n) is 4.79. The van der Waals surface area contributed by atoms with Gasteiger partial charge in [-0.15, -0.1) is 0 Å². The van der Waals surface area contributed by atoms with Crippen LogP contribution >= 0.6 is 15.6 Å². The smallest absolute Gasteiger partial charge is 0.311 e. The van der Waals surface area contributed by atoms with Crippen LogP contribution in [0.1, 0.15) is 13.8 Å². The van der Waals surface area contributed by atoms with E-state index in [0.717, 1.165) is 13.1 Å². The minimum Gasteiger partial charge on any atom is -0.311 e. The summed E-state index contributed by atoms with van der Waals surface area (Å²) in [6.45, 7) is 6.61. The van der Waals surface area contributed by atoms with E-state index in [4.69, 9.17) is 19.6 Å². The Kier molecular flexibility index (Phi) is 7.01. The summed E-state index contributed by atoms with van der Waals surface area (Å²) in [5.41, 5.74) is 0. The highest BCUT2D eigenvalue weighted by atomic mass is 31.3. The molecule has 0 aromatic heterocycles. The third-order valence-electron chi connectivity index (χ3n) is 1.76. The lowest BCUT2D eigenvalue weighted by molar-refractivity contribution is 0.225. The predicted molar refractivity (Wildman–Crippen MR) is 60.1 cm³/mol. The molecule has 0 spiro atoms. The van der Waals surface area contributed by atoms with Crippen molar-refractivity contribution in [2.45, 2.75) is 25.9 Å². The van der Waals surface area contributed by atoms with Gasteiger partial charge in [-0.05, 0) is 13.8 Å². The van der Waals surface area contributed by atoms with E-state index in [2.05, 4.69) is 28.8 Å². The molecule has 2 atom stereocenters. The molecule has 0 radical (unpaired) electrons. The lowest BCUT2D eigenvalue weighted by Crippen LogP contribution is -2.51. The third kappa shape index (κ3) is 12.4. The molecule has 1 rings (SSSR count). The van der Waals surface area contributed by atoms with Crippen LogP contribution in [0, 0.1) is 0 Å². The van der Waals surface area contributed by atoms with Gasteiger partial charge in [-0.2, -0.15) is 4.31 Å². The van der Waals surface area contributed by atoms with Gasteiger partial charge in [-0.25, -0.2) is 9.13 Å². The van der Waals surface area contributed by atoms with Gasteiger partial charge in [-0.1, -0.05) is 0 Å². The summed E-state index contributed by atoms with van der Waals surface area (Å²) in [6.07, 6.45) is 0. The van der Waals surface area contributed by atoms with Crippen LogP contribution in [0.3, 0.4) is 0 Å². The Hall–Kier alpha value is 0.180. The first kappa shape index (κ1) is 17.2. The highest BCUT2D eigenvalue weighted by Gasteiger charge is 2.27. The molecule has 0 unspecified atom stereocenters. The molecule has 6 N–H and O–H groups in total. The Labute approximate surface area is 99.1 Å². The first-order chi connectivity index (χ1) is 7.49. The van der Waals surface area contributed by atoms with E-state index in [9.17, 15) is 9.13 Å². The summed E-state index contributed by atoms with van der Waals surface area (Å²) >= 11 is 0. The Morgan fingerprint density at radius 3 is 1.35 bits per heavy atom. The number of hydrogen-bond acceptors (Lipinski definition) is 5. The van der Waals surface area contributed by atoms with Gasteiger partial charge in [0.05, 0.1) is 0 Å². The molecule has 1 saturated heterocycles. The fraction of sp³-hybridized carbons (Fsp3) is 1.00. The number of piperazine rings is 1. The van der Waals surface area contributed by atoms with Gasteiger partial charge in [0.2, 0.25) is 0 Å². The maximum absolute atomic E-state index is 9.63. The molecular formula is C6H18N2O7P2. The van der Waals surface area contributed by atoms with Gasteiger partial charge in [0.15, 0.2) is 0 Å². The summed E-state index contributed by atoms with van der Waals surface area (Å²) in [5.74, 6) is 0. The lowest BCUT2D eigenvalue weighted by atomic mass is 10.2. The average molecular weight is 292 g/mol. The van der Waals surface area contributed by atoms with Crippen molar-refractivity contribution < 1.29 is 33.0 Å². The minimum absolute atomic E-state index is 0.659. The van der Waals surface area contributed by atoms with Crippen molar-refractivity contribution in [1.82, 2.24) is 10.6 Å². The standard InChI is InChI=1S/C6H14N2.H4O7P2/c1-5-3-8-6(2)4-7-5;1-8(2,3)7-9(4,5)6/h5-8H,3-4H2,1-2H3;(H2,1,2,3)(H2,4,5,6)/t5-,6+;. The predicted octanol–water partition coefficient (Wildman–Crippen LogP) is -0.855. The summed E-state index contributed by atoms with van der Waals surface area (Å²) in [6, 6.07) is 1.32. The van der Waals surface area contributed by atoms with Crippen LogP contribution in [0.15, 0.2) is 0 Å². The first-order valence-corrected chi connectivity index (χ1v) is 7.85. The van der Waals surface area contributed by atoms with E-state index in [0.29, 0.717) is 12.1 Å². The van der Waals surface area contributed by atoms with Gasteiger partial charge in [0.1, 0.15) is 0 Å². The zero-order chi connectivity index (χ0) is 13.7. The molecule has 0 aromatic rings. The van der Waals surface area contributed by atoms with Crippen LogP contribution in [-0.2, 0) is 13.4 Å². The van der Waals surface area contributed by atoms with E-state index in [1.54, 1.807) is 0 Å². The normalized spacial score (nSPS) is 26.0. The molecule has 0 amide bonds. The van der Waals surface area contributed by atoms with Crippen LogP contribution in [0.25, 0.3) is 0 Å². The molecule has 0 saturated carbocycles. The third-order valence-corrected chi connectivity index (χ3v) is 3.46. The Morgan fingerprint density at radius 2 is 1.24 bits per heavy atom. The van der Waals surface area contributed by atoms with Crippen LogP contribution in [0.4, 0.5) is 0 Å². The van der Waals surface area contributed by atoms with Crippen LogP contribution in [0.5, 0.6) is 0 Å². The van der Waals surface area contributed by atoms with Crippen molar-refractivity contribution >= 4 is 15.6 Å². The van der Waals surface area contributed by atoms with E-state index >= 15 is 0 Å². The van der Waals surface area contributed by atoms with E-state index in [1.807, 2.05) is 0 Å². The molecule has 1 aliphatic rings. The number of nitrogens with one attached hydrogen (secondary N) is 2. The molecule has 0 aromatic carbocycles. The Bertz CT molecular complexity index is 275. The summed E-state index contributed by atoms with van der Waals surface area (Å²) in [4.78, 5) is 31.0. The molecule has 11 heteroatoms. The Morgan fingerprint density at radius 1 is 0.941 bits per heavy atom. The average Bonchev–Trinajstić information content (AvgIpc) is 2.04. The maximum atomic E-state index is 9.63. The second-order valence-electron chi connectivity index (χ2n) is 3.68. The minimum atomic E-state index is -5.05. The van der Waals surface area contributed by atoms with Crippen LogP contribution in [0.2, 0.25) is 0 Å². The quantitative estimate of drug-likeness (QED) is 0.358. The molecule has 1 fully saturated rings. The monoisotopic (exact) mass is 292 g/mol. The largest absolute Gasteiger partial charge is 0.478 e. The van der Waals surface area contributed by atoms with Gasteiger partial charge < -0.3 is 30.2 Å². The molecule has 0 bridgehead atoms. The van der Waals surface area contributed by atoms with Crippen LogP contribution in [-0.4, -0.2) is 44.7 Å². The van der Waals surface area contributed by atoms with E-state index in [-0.39, 0.29) is 0 Å². The van der Waals surface area contributed by atoms with Gasteiger partial charge >= 0.3 is 15.6 Å². The summed E-state index contributed by atoms with van der Waals surface area (Å²) < 4.78 is 22.2. The molecule has 104 valence electrons. The second kappa shape index (κ2) is 6.94. The van der Waals surface area contributed by atoms with Gasteiger partial charge in [0, 0.05) is 25.2 Å². The van der Waals surface area contributed by atoms with Crippen LogP contribution < -0.4 is 10.6 Å². The zero-order valence-corrected chi connectivity index (χ0v) is 11.3. The van der Waals surface area contributed by atoms with Crippen molar-refractivity contribution in [3.63, 3.8) is 0 Å². The Balaban J connectivity index is 0.000000302. The number of hydrogen-bond donors (Lipinski definition) is 6. The topological polar surface area (TPSA) is 148 Å². The lowest BCUT2D eigenvalue weighted by Gasteiger charge is -2.26. The maximum Gasteiger partial charge on any atom is 0.478 e. The van der Waals surface area contributed by atoms with Crippen molar-refractivity contribution in [2.75, 3.05) is 13.1 Å². The number of phosphoric acid groups is 2. The second-order valence-corrected chi connectivity index (χ2v) is 6.30. The molecule has 17 heavy (non-hydrogen) atoms. The van der Waals surface area contributed by atoms with E-state index < -0.39 is 15.6 Å². The SMILES string of the molecule is C[C@@H]1CN[C@@H](C)CN1.O=P(O)(O)OP(=O)(O)O. The van der Waals surface area contributed by atoms with Crippen molar-refractivity contribution in [1.29, 1.82) is 0 Å². The highest BCUT2D eigenvalue weighted by molar-refractivity contribution is 7.60. The molecule has 9 nitrogen and oxygen atoms in total. The van der Waals surface area contributed by atoms with Gasteiger partial charge in [-0.3, -0.25) is 0 Å².